The van der Waals surface area contributed by atoms with Crippen LogP contribution in [0.3, 0.4) is 0 Å². The lowest BCUT2D eigenvalue weighted by Crippen LogP contribution is -2.17. The van der Waals surface area contributed by atoms with Crippen LogP contribution in [0.15, 0.2) is 64.2 Å². The van der Waals surface area contributed by atoms with Crippen molar-refractivity contribution in [2.75, 3.05) is 5.73 Å². The minimum absolute atomic E-state index is 0.0512. The number of nitrogens with zero attached hydrogens (tertiary/aromatic N) is 4. The summed E-state index contributed by atoms with van der Waals surface area (Å²) >= 11 is 0. The molecule has 5 rings (SSSR count). The number of rotatable bonds is 3. The van der Waals surface area contributed by atoms with Crippen molar-refractivity contribution in [2.45, 2.75) is 13.0 Å². The lowest BCUT2D eigenvalue weighted by atomic mass is 9.99. The summed E-state index contributed by atoms with van der Waals surface area (Å²) in [5.41, 5.74) is 6.14. The Kier molecular flexibility index (Phi) is 4.25. The van der Waals surface area contributed by atoms with Gasteiger partial charge in [-0.05, 0) is 36.8 Å². The molecule has 0 fully saturated rings. The van der Waals surface area contributed by atoms with E-state index >= 15 is 0 Å². The highest BCUT2D eigenvalue weighted by atomic mass is 19.1. The van der Waals surface area contributed by atoms with Crippen LogP contribution in [0.2, 0.25) is 0 Å². The molecule has 0 amide bonds. The lowest BCUT2D eigenvalue weighted by Gasteiger charge is -2.17. The Morgan fingerprint density at radius 1 is 1.13 bits per heavy atom. The molecule has 7 nitrogen and oxygen atoms in total. The number of hydrogen-bond donors (Lipinski definition) is 1. The van der Waals surface area contributed by atoms with Gasteiger partial charge in [0, 0.05) is 0 Å². The highest BCUT2D eigenvalue weighted by Crippen LogP contribution is 2.33. The number of anilines is 1. The highest BCUT2D eigenvalue weighted by Gasteiger charge is 2.25. The summed E-state index contributed by atoms with van der Waals surface area (Å²) in [6.45, 7) is 1.75. The fourth-order valence-corrected chi connectivity index (χ4v) is 3.70. The first-order chi connectivity index (χ1) is 15.0. The monoisotopic (exact) mass is 419 g/mol. The first kappa shape index (κ1) is 18.9. The summed E-state index contributed by atoms with van der Waals surface area (Å²) in [5.74, 6) is -0.797. The van der Waals surface area contributed by atoms with Crippen LogP contribution in [-0.4, -0.2) is 19.7 Å². The molecule has 1 atom stereocenters. The van der Waals surface area contributed by atoms with Crippen LogP contribution in [-0.2, 0) is 0 Å². The van der Waals surface area contributed by atoms with E-state index in [1.54, 1.807) is 13.0 Å². The van der Waals surface area contributed by atoms with Gasteiger partial charge in [0.15, 0.2) is 5.65 Å². The molecular weight excluding hydrogens is 404 g/mol. The maximum atomic E-state index is 14.5. The first-order valence-electron chi connectivity index (χ1n) is 9.40. The van der Waals surface area contributed by atoms with Crippen molar-refractivity contribution in [3.05, 3.63) is 82.6 Å². The minimum Gasteiger partial charge on any atom is -0.458 e. The second kappa shape index (κ2) is 6.98. The topological polar surface area (TPSA) is 99.8 Å². The zero-order chi connectivity index (χ0) is 21.7. The van der Waals surface area contributed by atoms with E-state index in [1.165, 1.54) is 53.6 Å². The molecule has 2 N–H and O–H groups in total. The molecule has 0 saturated carbocycles. The van der Waals surface area contributed by atoms with E-state index in [-0.39, 0.29) is 33.7 Å². The summed E-state index contributed by atoms with van der Waals surface area (Å²) in [6, 6.07) is 9.00. The van der Waals surface area contributed by atoms with Gasteiger partial charge in [0.2, 0.25) is 5.43 Å². The average molecular weight is 419 g/mol. The molecule has 31 heavy (non-hydrogen) atoms. The summed E-state index contributed by atoms with van der Waals surface area (Å²) in [5, 5.41) is 4.67. The number of nitrogens with two attached hydrogens (primary N) is 1. The number of nitrogen functional groups attached to an aromatic ring is 1. The number of benzene rings is 2. The molecule has 1 unspecified atom stereocenters. The van der Waals surface area contributed by atoms with Crippen molar-refractivity contribution in [3.63, 3.8) is 0 Å². The van der Waals surface area contributed by atoms with Crippen molar-refractivity contribution in [3.8, 4) is 11.1 Å². The normalized spacial score (nSPS) is 12.5. The van der Waals surface area contributed by atoms with Crippen LogP contribution in [0.1, 0.15) is 18.7 Å². The smallest absolute Gasteiger partial charge is 0.203 e. The van der Waals surface area contributed by atoms with Crippen molar-refractivity contribution in [1.29, 1.82) is 0 Å². The number of fused-ring (bicyclic) bond motifs is 2. The fourth-order valence-electron chi connectivity index (χ4n) is 3.70. The Hall–Kier alpha value is -4.14. The van der Waals surface area contributed by atoms with Crippen LogP contribution in [0.25, 0.3) is 33.1 Å². The highest BCUT2D eigenvalue weighted by molar-refractivity contribution is 5.86. The molecule has 3 heterocycles. The average Bonchev–Trinajstić information content (AvgIpc) is 3.18. The zero-order valence-electron chi connectivity index (χ0n) is 16.2. The largest absolute Gasteiger partial charge is 0.458 e. The van der Waals surface area contributed by atoms with Gasteiger partial charge in [0.05, 0.1) is 17.1 Å². The van der Waals surface area contributed by atoms with Crippen LogP contribution < -0.4 is 11.2 Å². The maximum Gasteiger partial charge on any atom is 0.203 e. The van der Waals surface area contributed by atoms with E-state index in [0.717, 1.165) is 0 Å². The third-order valence-corrected chi connectivity index (χ3v) is 5.18. The molecule has 0 bridgehead atoms. The molecule has 0 spiro atoms. The van der Waals surface area contributed by atoms with Crippen molar-refractivity contribution >= 4 is 27.8 Å². The number of halogens is 2. The summed E-state index contributed by atoms with van der Waals surface area (Å²) in [6.07, 6.45) is 2.82. The van der Waals surface area contributed by atoms with Gasteiger partial charge in [-0.1, -0.05) is 18.2 Å². The van der Waals surface area contributed by atoms with Crippen molar-refractivity contribution in [2.24, 2.45) is 0 Å². The van der Waals surface area contributed by atoms with E-state index in [0.29, 0.717) is 11.0 Å². The molecule has 0 saturated heterocycles. The Morgan fingerprint density at radius 3 is 2.74 bits per heavy atom. The van der Waals surface area contributed by atoms with Gasteiger partial charge in [-0.15, -0.1) is 0 Å². The summed E-state index contributed by atoms with van der Waals surface area (Å²) < 4.78 is 36.0. The quantitative estimate of drug-likeness (QED) is 0.473. The van der Waals surface area contributed by atoms with E-state index in [9.17, 15) is 13.6 Å². The van der Waals surface area contributed by atoms with Crippen LogP contribution in [0.4, 0.5) is 14.6 Å². The van der Waals surface area contributed by atoms with Gasteiger partial charge >= 0.3 is 0 Å². The Bertz CT molecular complexity index is 1530. The predicted octanol–water partition coefficient (Wildman–Crippen LogP) is 4.07. The molecule has 5 aromatic rings. The van der Waals surface area contributed by atoms with Gasteiger partial charge in [-0.3, -0.25) is 4.79 Å². The maximum absolute atomic E-state index is 14.5. The lowest BCUT2D eigenvalue weighted by molar-refractivity contribution is 0.444. The van der Waals surface area contributed by atoms with E-state index in [4.69, 9.17) is 10.2 Å². The van der Waals surface area contributed by atoms with E-state index in [1.807, 2.05) is 0 Å². The molecule has 0 radical (unpaired) electrons. The molecule has 0 aliphatic heterocycles. The SMILES string of the molecule is CC(c1oc2cccc(F)c2c(=O)c1-c1cccc(F)c1)n1ncc2c(N)ncnc21. The summed E-state index contributed by atoms with van der Waals surface area (Å²) in [7, 11) is 0. The van der Waals surface area contributed by atoms with Crippen molar-refractivity contribution < 1.29 is 13.2 Å². The van der Waals surface area contributed by atoms with Gasteiger partial charge in [-0.2, -0.15) is 5.10 Å². The van der Waals surface area contributed by atoms with Gasteiger partial charge in [0.1, 0.15) is 46.6 Å². The number of aromatic nitrogens is 4. The zero-order valence-corrected chi connectivity index (χ0v) is 16.2. The number of hydrogen-bond acceptors (Lipinski definition) is 6. The van der Waals surface area contributed by atoms with E-state index in [2.05, 4.69) is 15.1 Å². The van der Waals surface area contributed by atoms with Crippen LogP contribution in [0.5, 0.6) is 0 Å². The third-order valence-electron chi connectivity index (χ3n) is 5.18. The first-order valence-corrected chi connectivity index (χ1v) is 9.40. The minimum atomic E-state index is -0.715. The van der Waals surface area contributed by atoms with Gasteiger partial charge in [-0.25, -0.2) is 23.4 Å². The molecule has 154 valence electrons. The van der Waals surface area contributed by atoms with Crippen molar-refractivity contribution in [1.82, 2.24) is 19.7 Å². The fraction of sp³-hybridized carbons (Fsp3) is 0.0909. The van der Waals surface area contributed by atoms with Crippen LogP contribution in [0, 0.1) is 11.6 Å². The Morgan fingerprint density at radius 2 is 1.94 bits per heavy atom. The molecule has 0 aliphatic carbocycles. The Balaban J connectivity index is 1.84. The third kappa shape index (κ3) is 2.93. The summed E-state index contributed by atoms with van der Waals surface area (Å²) in [4.78, 5) is 21.6. The Labute approximate surface area is 173 Å². The standard InChI is InChI=1S/C22H15F2N5O2/c1-11(29-22-14(9-28-29)21(25)26-10-27-22)20-17(12-4-2-5-13(23)8-12)19(30)18-15(24)6-3-7-16(18)31-20/h2-11H,1H3,(H2,25,26,27). The molecular formula is C22H15F2N5O2. The predicted molar refractivity (Wildman–Crippen MR) is 111 cm³/mol. The van der Waals surface area contributed by atoms with Crippen LogP contribution >= 0.6 is 0 Å². The van der Waals surface area contributed by atoms with Gasteiger partial charge in [0.25, 0.3) is 0 Å². The molecule has 3 aromatic heterocycles. The molecule has 9 heteroatoms. The molecule has 0 aliphatic rings. The second-order valence-electron chi connectivity index (χ2n) is 7.06. The molecule has 2 aromatic carbocycles. The van der Waals surface area contributed by atoms with Gasteiger partial charge < -0.3 is 10.2 Å². The van der Waals surface area contributed by atoms with E-state index < -0.39 is 23.1 Å². The second-order valence-corrected chi connectivity index (χ2v) is 7.06.